The summed E-state index contributed by atoms with van der Waals surface area (Å²) in [6.45, 7) is 0. The van der Waals surface area contributed by atoms with E-state index in [1.807, 2.05) is 11.4 Å². The molecule has 1 aromatic carbocycles. The third-order valence-electron chi connectivity index (χ3n) is 1.64. The average Bonchev–Trinajstić information content (AvgIpc) is 2.31. The Balaban J connectivity index is 2.93. The Hall–Kier alpha value is -0.380. The number of thiophene rings is 1. The van der Waals surface area contributed by atoms with Crippen LogP contribution in [0.3, 0.4) is 0 Å². The van der Waals surface area contributed by atoms with Gasteiger partial charge in [0.05, 0.1) is 10.7 Å². The summed E-state index contributed by atoms with van der Waals surface area (Å²) in [6, 6.07) is 3.77. The predicted octanol–water partition coefficient (Wildman–Crippen LogP) is 3.43. The van der Waals surface area contributed by atoms with Gasteiger partial charge in [0.2, 0.25) is 0 Å². The van der Waals surface area contributed by atoms with Gasteiger partial charge < -0.3 is 5.73 Å². The third kappa shape index (κ3) is 1.18. The second-order valence-electron chi connectivity index (χ2n) is 2.49. The van der Waals surface area contributed by atoms with Crippen LogP contribution in [0.1, 0.15) is 0 Å². The zero-order valence-corrected chi connectivity index (χ0v) is 8.51. The zero-order chi connectivity index (χ0) is 8.72. The van der Waals surface area contributed by atoms with Gasteiger partial charge in [0, 0.05) is 20.4 Å². The first-order valence-electron chi connectivity index (χ1n) is 3.33. The van der Waals surface area contributed by atoms with Crippen molar-refractivity contribution < 1.29 is 0 Å². The van der Waals surface area contributed by atoms with Crippen LogP contribution in [0.25, 0.3) is 10.1 Å². The van der Waals surface area contributed by atoms with E-state index < -0.39 is 0 Å². The maximum atomic E-state index is 5.99. The molecule has 0 aliphatic carbocycles. The van der Waals surface area contributed by atoms with Gasteiger partial charge in [0.1, 0.15) is 0 Å². The highest BCUT2D eigenvalue weighted by molar-refractivity contribution is 7.80. The molecule has 1 aromatic heterocycles. The van der Waals surface area contributed by atoms with Gasteiger partial charge >= 0.3 is 0 Å². The number of rotatable bonds is 0. The molecule has 0 bridgehead atoms. The lowest BCUT2D eigenvalue weighted by Crippen LogP contribution is -1.80. The number of hydrogen-bond acceptors (Lipinski definition) is 3. The van der Waals surface area contributed by atoms with Crippen LogP contribution in [-0.2, 0) is 0 Å². The molecule has 0 amide bonds. The van der Waals surface area contributed by atoms with Gasteiger partial charge in [-0.1, -0.05) is 11.6 Å². The summed E-state index contributed by atoms with van der Waals surface area (Å²) in [7, 11) is 0. The lowest BCUT2D eigenvalue weighted by atomic mass is 10.2. The van der Waals surface area contributed by atoms with E-state index in [1.54, 1.807) is 17.4 Å². The summed E-state index contributed by atoms with van der Waals surface area (Å²) in [4.78, 5) is 0.870. The molecular weight excluding hydrogens is 210 g/mol. The maximum absolute atomic E-state index is 5.99. The van der Waals surface area contributed by atoms with E-state index in [1.165, 1.54) is 0 Å². The largest absolute Gasteiger partial charge is 0.398 e. The van der Waals surface area contributed by atoms with Gasteiger partial charge in [-0.25, -0.2) is 0 Å². The van der Waals surface area contributed by atoms with Crippen LogP contribution >= 0.6 is 35.6 Å². The number of benzene rings is 1. The summed E-state index contributed by atoms with van der Waals surface area (Å²) in [6.07, 6.45) is 0. The first-order valence-corrected chi connectivity index (χ1v) is 5.04. The van der Waals surface area contributed by atoms with Crippen LogP contribution in [0, 0.1) is 0 Å². The summed E-state index contributed by atoms with van der Waals surface area (Å²) in [5, 5.41) is 3.51. The number of nitrogens with two attached hydrogens (primary N) is 1. The van der Waals surface area contributed by atoms with Crippen molar-refractivity contribution in [2.24, 2.45) is 0 Å². The Morgan fingerprint density at radius 1 is 1.42 bits per heavy atom. The van der Waals surface area contributed by atoms with E-state index in [-0.39, 0.29) is 0 Å². The van der Waals surface area contributed by atoms with Gasteiger partial charge in [0.25, 0.3) is 0 Å². The molecule has 62 valence electrons. The molecule has 2 rings (SSSR count). The molecule has 0 atom stereocenters. The van der Waals surface area contributed by atoms with Gasteiger partial charge in [-0.2, -0.15) is 0 Å². The van der Waals surface area contributed by atoms with Crippen molar-refractivity contribution in [2.45, 2.75) is 4.90 Å². The van der Waals surface area contributed by atoms with Gasteiger partial charge in [-0.05, 0) is 12.1 Å². The highest BCUT2D eigenvalue weighted by atomic mass is 35.5. The number of hydrogen-bond donors (Lipinski definition) is 2. The second-order valence-corrected chi connectivity index (χ2v) is 4.33. The monoisotopic (exact) mass is 215 g/mol. The highest BCUT2D eigenvalue weighted by Crippen LogP contribution is 2.35. The van der Waals surface area contributed by atoms with Crippen molar-refractivity contribution in [3.63, 3.8) is 0 Å². The molecule has 0 saturated heterocycles. The van der Waals surface area contributed by atoms with Crippen molar-refractivity contribution in [1.82, 2.24) is 0 Å². The van der Waals surface area contributed by atoms with E-state index in [2.05, 4.69) is 12.6 Å². The van der Waals surface area contributed by atoms with Gasteiger partial charge in [-0.15, -0.1) is 24.0 Å². The minimum Gasteiger partial charge on any atom is -0.398 e. The molecule has 4 heteroatoms. The first kappa shape index (κ1) is 8.23. The van der Waals surface area contributed by atoms with Crippen molar-refractivity contribution in [3.8, 4) is 0 Å². The van der Waals surface area contributed by atoms with E-state index >= 15 is 0 Å². The molecule has 0 aliphatic rings. The van der Waals surface area contributed by atoms with Crippen LogP contribution in [0.2, 0.25) is 5.02 Å². The number of thiol groups is 1. The normalized spacial score (nSPS) is 10.8. The number of halogens is 1. The molecule has 0 radical (unpaired) electrons. The van der Waals surface area contributed by atoms with Crippen LogP contribution < -0.4 is 5.73 Å². The molecular formula is C8H6ClNS2. The van der Waals surface area contributed by atoms with Crippen molar-refractivity contribution in [2.75, 3.05) is 5.73 Å². The summed E-state index contributed by atoms with van der Waals surface area (Å²) < 4.78 is 1.09. The number of nitrogen functional groups attached to an aromatic ring is 1. The Bertz CT molecular complexity index is 436. The van der Waals surface area contributed by atoms with E-state index in [9.17, 15) is 0 Å². The molecule has 2 N–H and O–H groups in total. The summed E-state index contributed by atoms with van der Waals surface area (Å²) in [5.74, 6) is 0. The molecule has 2 aromatic rings. The SMILES string of the molecule is Nc1csc2cc(S)cc(Cl)c12. The van der Waals surface area contributed by atoms with Crippen molar-refractivity contribution >= 4 is 51.3 Å². The van der Waals surface area contributed by atoms with Crippen molar-refractivity contribution in [1.29, 1.82) is 0 Å². The minimum absolute atomic E-state index is 0.677. The van der Waals surface area contributed by atoms with Crippen LogP contribution in [-0.4, -0.2) is 0 Å². The Morgan fingerprint density at radius 3 is 2.92 bits per heavy atom. The number of fused-ring (bicyclic) bond motifs is 1. The molecule has 1 heterocycles. The lowest BCUT2D eigenvalue weighted by Gasteiger charge is -1.97. The topological polar surface area (TPSA) is 26.0 Å². The van der Waals surface area contributed by atoms with Crippen LogP contribution in [0.5, 0.6) is 0 Å². The van der Waals surface area contributed by atoms with Crippen LogP contribution in [0.4, 0.5) is 5.69 Å². The summed E-state index contributed by atoms with van der Waals surface area (Å²) >= 11 is 11.8. The first-order chi connectivity index (χ1) is 5.68. The smallest absolute Gasteiger partial charge is 0.0524 e. The minimum atomic E-state index is 0.677. The molecule has 12 heavy (non-hydrogen) atoms. The standard InChI is InChI=1S/C8H6ClNS2/c9-5-1-4(11)2-7-8(5)6(10)3-12-7/h1-3,11H,10H2. The molecule has 0 fully saturated rings. The molecule has 0 unspecified atom stereocenters. The quantitative estimate of drug-likeness (QED) is 0.647. The van der Waals surface area contributed by atoms with Crippen LogP contribution in [0.15, 0.2) is 22.4 Å². The molecule has 0 aliphatic heterocycles. The third-order valence-corrected chi connectivity index (χ3v) is 3.14. The fourth-order valence-corrected chi connectivity index (χ4v) is 2.85. The second kappa shape index (κ2) is 2.83. The summed E-state index contributed by atoms with van der Waals surface area (Å²) in [5.41, 5.74) is 6.47. The Kier molecular flexibility index (Phi) is 1.94. The molecule has 0 saturated carbocycles. The van der Waals surface area contributed by atoms with Crippen molar-refractivity contribution in [3.05, 3.63) is 22.5 Å². The van der Waals surface area contributed by atoms with Gasteiger partial charge in [-0.3, -0.25) is 0 Å². The maximum Gasteiger partial charge on any atom is 0.0524 e. The zero-order valence-electron chi connectivity index (χ0n) is 6.04. The van der Waals surface area contributed by atoms with E-state index in [4.69, 9.17) is 17.3 Å². The van der Waals surface area contributed by atoms with E-state index in [0.717, 1.165) is 20.7 Å². The average molecular weight is 216 g/mol. The molecule has 1 nitrogen and oxygen atoms in total. The fraction of sp³-hybridized carbons (Fsp3) is 0. The van der Waals surface area contributed by atoms with E-state index in [0.29, 0.717) is 5.02 Å². The lowest BCUT2D eigenvalue weighted by molar-refractivity contribution is 1.54. The molecule has 0 spiro atoms. The fourth-order valence-electron chi connectivity index (χ4n) is 1.13. The Morgan fingerprint density at radius 2 is 2.17 bits per heavy atom. The number of anilines is 1. The Labute approximate surface area is 84.6 Å². The predicted molar refractivity (Wildman–Crippen MR) is 58.5 cm³/mol. The van der Waals surface area contributed by atoms with Gasteiger partial charge in [0.15, 0.2) is 0 Å². The highest BCUT2D eigenvalue weighted by Gasteiger charge is 2.05.